The molecular weight excluding hydrogens is 226 g/mol. The van der Waals surface area contributed by atoms with Gasteiger partial charge in [0.2, 0.25) is 5.69 Å². The van der Waals surface area contributed by atoms with Gasteiger partial charge in [-0.2, -0.15) is 0 Å². The molecule has 0 aliphatic heterocycles. The fourth-order valence-corrected chi connectivity index (χ4v) is 1.58. The Balaban J connectivity index is 2.21. The van der Waals surface area contributed by atoms with E-state index >= 15 is 0 Å². The second-order valence-corrected chi connectivity index (χ2v) is 3.93. The Morgan fingerprint density at radius 2 is 2.19 bits per heavy atom. The van der Waals surface area contributed by atoms with Crippen molar-refractivity contribution in [2.75, 3.05) is 5.73 Å². The lowest BCUT2D eigenvalue weighted by atomic mass is 10.2. The number of aryl methyl sites for hydroxylation is 1. The van der Waals surface area contributed by atoms with Crippen LogP contribution in [0.15, 0.2) is 24.3 Å². The number of carbonyl (C=O) groups excluding carboxylic acids is 1. The zero-order valence-electron chi connectivity index (χ0n) is 8.51. The maximum absolute atomic E-state index is 11.7. The zero-order chi connectivity index (χ0) is 11.5. The Morgan fingerprint density at radius 3 is 2.81 bits per heavy atom. The predicted molar refractivity (Wildman–Crippen MR) is 60.5 cm³/mol. The third-order valence-electron chi connectivity index (χ3n) is 2.00. The lowest BCUT2D eigenvalue weighted by molar-refractivity contribution is 0.0728. The number of anilines is 1. The van der Waals surface area contributed by atoms with E-state index in [2.05, 4.69) is 9.59 Å². The van der Waals surface area contributed by atoms with E-state index in [1.807, 2.05) is 19.1 Å². The molecule has 0 radical (unpaired) electrons. The molecule has 2 N–H and O–H groups in total. The molecule has 2 aromatic rings. The molecule has 0 atom stereocenters. The third-order valence-corrected chi connectivity index (χ3v) is 2.56. The number of esters is 1. The number of para-hydroxylation sites is 1. The fourth-order valence-electron chi connectivity index (χ4n) is 1.16. The molecule has 1 heterocycles. The van der Waals surface area contributed by atoms with Crippen molar-refractivity contribution in [1.29, 1.82) is 0 Å². The smallest absolute Gasteiger partial charge is 0.367 e. The molecule has 0 fully saturated rings. The van der Waals surface area contributed by atoms with Crippen LogP contribution in [0.25, 0.3) is 0 Å². The lowest BCUT2D eigenvalue weighted by Crippen LogP contribution is -2.11. The number of ether oxygens (including phenoxy) is 1. The lowest BCUT2D eigenvalue weighted by Gasteiger charge is -2.04. The molecule has 0 spiro atoms. The van der Waals surface area contributed by atoms with E-state index in [1.165, 1.54) is 0 Å². The van der Waals surface area contributed by atoms with Gasteiger partial charge in [0.1, 0.15) is 10.8 Å². The van der Waals surface area contributed by atoms with Crippen molar-refractivity contribution >= 4 is 22.5 Å². The summed E-state index contributed by atoms with van der Waals surface area (Å²) < 4.78 is 8.73. The summed E-state index contributed by atoms with van der Waals surface area (Å²) in [6.07, 6.45) is 0. The highest BCUT2D eigenvalue weighted by molar-refractivity contribution is 7.10. The minimum absolute atomic E-state index is 0.0632. The topological polar surface area (TPSA) is 78.1 Å². The van der Waals surface area contributed by atoms with E-state index in [9.17, 15) is 4.79 Å². The summed E-state index contributed by atoms with van der Waals surface area (Å²) in [4.78, 5) is 11.7. The minimum Gasteiger partial charge on any atom is -0.421 e. The van der Waals surface area contributed by atoms with Crippen LogP contribution in [0.3, 0.4) is 0 Å². The molecule has 2 rings (SSSR count). The van der Waals surface area contributed by atoms with Gasteiger partial charge >= 0.3 is 5.97 Å². The van der Waals surface area contributed by atoms with Crippen LogP contribution in [0.2, 0.25) is 0 Å². The van der Waals surface area contributed by atoms with Crippen LogP contribution in [0.4, 0.5) is 5.00 Å². The summed E-state index contributed by atoms with van der Waals surface area (Å²) in [7, 11) is 0. The molecule has 0 aliphatic rings. The normalized spacial score (nSPS) is 10.1. The van der Waals surface area contributed by atoms with Crippen molar-refractivity contribution in [3.05, 3.63) is 35.5 Å². The first-order valence-corrected chi connectivity index (χ1v) is 5.31. The van der Waals surface area contributed by atoms with Gasteiger partial charge in [-0.15, -0.1) is 5.10 Å². The summed E-state index contributed by atoms with van der Waals surface area (Å²) in [6, 6.07) is 7.22. The van der Waals surface area contributed by atoms with Crippen molar-refractivity contribution in [2.45, 2.75) is 6.92 Å². The summed E-state index contributed by atoms with van der Waals surface area (Å²) in [5, 5.41) is 3.87. The fraction of sp³-hybridized carbons (Fsp3) is 0.100. The number of nitrogens with two attached hydrogens (primary N) is 1. The summed E-state index contributed by atoms with van der Waals surface area (Å²) in [6.45, 7) is 1.85. The monoisotopic (exact) mass is 235 g/mol. The highest BCUT2D eigenvalue weighted by Crippen LogP contribution is 2.19. The Bertz CT molecular complexity index is 524. The number of nitrogens with zero attached hydrogens (tertiary/aromatic N) is 2. The van der Waals surface area contributed by atoms with E-state index in [1.54, 1.807) is 12.1 Å². The molecule has 1 aromatic carbocycles. The van der Waals surface area contributed by atoms with Crippen LogP contribution < -0.4 is 10.5 Å². The first kappa shape index (κ1) is 10.6. The van der Waals surface area contributed by atoms with Crippen molar-refractivity contribution in [3.63, 3.8) is 0 Å². The molecule has 0 saturated carbocycles. The Morgan fingerprint density at radius 1 is 1.44 bits per heavy atom. The second kappa shape index (κ2) is 4.28. The van der Waals surface area contributed by atoms with Crippen LogP contribution in [-0.2, 0) is 0 Å². The standard InChI is InChI=1S/C10H9N3O2S/c1-6-4-2-3-5-7(6)15-10(14)8-9(11)16-13-12-8/h2-5H,11H2,1H3. The van der Waals surface area contributed by atoms with Gasteiger partial charge in [0.05, 0.1) is 0 Å². The van der Waals surface area contributed by atoms with Crippen LogP contribution in [0.1, 0.15) is 16.1 Å². The minimum atomic E-state index is -0.583. The molecule has 5 nitrogen and oxygen atoms in total. The molecule has 1 aromatic heterocycles. The summed E-state index contributed by atoms with van der Waals surface area (Å²) >= 11 is 0.963. The van der Waals surface area contributed by atoms with Crippen LogP contribution in [0.5, 0.6) is 5.75 Å². The van der Waals surface area contributed by atoms with Gasteiger partial charge in [-0.25, -0.2) is 4.79 Å². The van der Waals surface area contributed by atoms with Gasteiger partial charge in [0.15, 0.2) is 0 Å². The van der Waals surface area contributed by atoms with Crippen molar-refractivity contribution in [1.82, 2.24) is 9.59 Å². The second-order valence-electron chi connectivity index (χ2n) is 3.14. The first-order chi connectivity index (χ1) is 7.68. The Labute approximate surface area is 96.0 Å². The highest BCUT2D eigenvalue weighted by atomic mass is 32.1. The van der Waals surface area contributed by atoms with Crippen molar-refractivity contribution < 1.29 is 9.53 Å². The molecule has 16 heavy (non-hydrogen) atoms. The molecular formula is C10H9N3O2S. The largest absolute Gasteiger partial charge is 0.421 e. The maximum atomic E-state index is 11.7. The van der Waals surface area contributed by atoms with E-state index in [0.717, 1.165) is 17.1 Å². The van der Waals surface area contributed by atoms with Gasteiger partial charge in [0, 0.05) is 11.5 Å². The van der Waals surface area contributed by atoms with Crippen molar-refractivity contribution in [3.8, 4) is 5.75 Å². The van der Waals surface area contributed by atoms with Gasteiger partial charge in [0.25, 0.3) is 0 Å². The van der Waals surface area contributed by atoms with Gasteiger partial charge in [-0.3, -0.25) is 0 Å². The SMILES string of the molecule is Cc1ccccc1OC(=O)c1nnsc1N. The maximum Gasteiger partial charge on any atom is 0.367 e. The molecule has 0 saturated heterocycles. The molecule has 0 bridgehead atoms. The Hall–Kier alpha value is -1.95. The third kappa shape index (κ3) is 2.01. The van der Waals surface area contributed by atoms with Gasteiger partial charge < -0.3 is 10.5 Å². The number of hydrogen-bond donors (Lipinski definition) is 1. The highest BCUT2D eigenvalue weighted by Gasteiger charge is 2.17. The molecule has 0 unspecified atom stereocenters. The number of benzene rings is 1. The molecule has 6 heteroatoms. The van der Waals surface area contributed by atoms with E-state index in [-0.39, 0.29) is 10.7 Å². The summed E-state index contributed by atoms with van der Waals surface area (Å²) in [5.41, 5.74) is 6.46. The van der Waals surface area contributed by atoms with Gasteiger partial charge in [-0.1, -0.05) is 22.7 Å². The van der Waals surface area contributed by atoms with E-state index in [0.29, 0.717) is 5.75 Å². The number of aromatic nitrogens is 2. The number of hydrogen-bond acceptors (Lipinski definition) is 6. The zero-order valence-corrected chi connectivity index (χ0v) is 9.32. The predicted octanol–water partition coefficient (Wildman–Crippen LogP) is 1.65. The van der Waals surface area contributed by atoms with Crippen molar-refractivity contribution in [2.24, 2.45) is 0 Å². The number of carbonyl (C=O) groups is 1. The van der Waals surface area contributed by atoms with E-state index < -0.39 is 5.97 Å². The quantitative estimate of drug-likeness (QED) is 0.632. The first-order valence-electron chi connectivity index (χ1n) is 4.54. The molecule has 0 aliphatic carbocycles. The van der Waals surface area contributed by atoms with Crippen LogP contribution >= 0.6 is 11.5 Å². The Kier molecular flexibility index (Phi) is 2.82. The molecule has 82 valence electrons. The van der Waals surface area contributed by atoms with Crippen LogP contribution in [-0.4, -0.2) is 15.6 Å². The molecule has 0 amide bonds. The van der Waals surface area contributed by atoms with Gasteiger partial charge in [-0.05, 0) is 18.6 Å². The average molecular weight is 235 g/mol. The van der Waals surface area contributed by atoms with Crippen LogP contribution in [0, 0.1) is 6.92 Å². The summed E-state index contributed by atoms with van der Waals surface area (Å²) in [5.74, 6) is -0.0829. The number of rotatable bonds is 2. The number of nitrogen functional groups attached to an aromatic ring is 1. The average Bonchev–Trinajstić information content (AvgIpc) is 2.68. The van der Waals surface area contributed by atoms with E-state index in [4.69, 9.17) is 10.5 Å².